The van der Waals surface area contributed by atoms with Crippen LogP contribution in [0.3, 0.4) is 0 Å². The molecule has 8 heteroatoms. The van der Waals surface area contributed by atoms with Crippen molar-refractivity contribution in [2.24, 2.45) is 0 Å². The molecule has 0 aliphatic heterocycles. The average molecular weight is 248 g/mol. The summed E-state index contributed by atoms with van der Waals surface area (Å²) in [5.41, 5.74) is 0.462. The van der Waals surface area contributed by atoms with Gasteiger partial charge in [0, 0.05) is 18.0 Å². The van der Waals surface area contributed by atoms with Crippen LogP contribution in [0, 0.1) is 0 Å². The summed E-state index contributed by atoms with van der Waals surface area (Å²) in [4.78, 5) is 17.9. The molecule has 0 bridgehead atoms. The molecule has 0 fully saturated rings. The van der Waals surface area contributed by atoms with Crippen LogP contribution in [0.4, 0.5) is 0 Å². The zero-order chi connectivity index (χ0) is 9.97. The third-order valence-corrected chi connectivity index (χ3v) is 1.64. The molecule has 7 nitrogen and oxygen atoms in total. The first-order valence-corrected chi connectivity index (χ1v) is 3.84. The van der Waals surface area contributed by atoms with Crippen molar-refractivity contribution in [2.75, 3.05) is 0 Å². The molecule has 0 aliphatic rings. The molecule has 0 aromatic carbocycles. The number of rotatable bonds is 2. The Morgan fingerprint density at radius 2 is 1.82 bits per heavy atom. The molecule has 2 aromatic heterocycles. The van der Waals surface area contributed by atoms with E-state index in [0.29, 0.717) is 5.56 Å². The van der Waals surface area contributed by atoms with E-state index < -0.39 is 5.97 Å². The van der Waals surface area contributed by atoms with Gasteiger partial charge in [-0.15, -0.1) is 0 Å². The van der Waals surface area contributed by atoms with Gasteiger partial charge in [0.25, 0.3) is 0 Å². The second kappa shape index (κ2) is 7.93. The third-order valence-electron chi connectivity index (χ3n) is 1.64. The van der Waals surface area contributed by atoms with Gasteiger partial charge in [0.05, 0.1) is 5.97 Å². The van der Waals surface area contributed by atoms with Crippen LogP contribution in [0.15, 0.2) is 35.2 Å². The van der Waals surface area contributed by atoms with Gasteiger partial charge >= 0.3 is 29.6 Å². The van der Waals surface area contributed by atoms with Crippen LogP contribution in [0.2, 0.25) is 0 Å². The van der Waals surface area contributed by atoms with Gasteiger partial charge in [-0.05, 0) is 12.1 Å². The molecule has 0 saturated heterocycles. The van der Waals surface area contributed by atoms with E-state index in [4.69, 9.17) is 4.42 Å². The van der Waals surface area contributed by atoms with Gasteiger partial charge in [-0.25, -0.2) is 4.98 Å². The summed E-state index contributed by atoms with van der Waals surface area (Å²) in [6.45, 7) is 0. The summed E-state index contributed by atoms with van der Waals surface area (Å²) in [6, 6.07) is 3.34. The van der Waals surface area contributed by atoms with E-state index in [1.165, 1.54) is 0 Å². The Morgan fingerprint density at radius 3 is 2.29 bits per heavy atom. The van der Waals surface area contributed by atoms with Crippen LogP contribution in [0.5, 0.6) is 0 Å². The van der Waals surface area contributed by atoms with E-state index in [0.717, 1.165) is 6.26 Å². The van der Waals surface area contributed by atoms with E-state index in [1.54, 1.807) is 24.5 Å². The number of hydrogen-bond donors (Lipinski definition) is 0. The van der Waals surface area contributed by atoms with E-state index in [-0.39, 0.29) is 52.1 Å². The number of aromatic carboxylic acids is 1. The zero-order valence-electron chi connectivity index (χ0n) is 9.01. The molecule has 0 spiro atoms. The number of carbonyl (C=O) groups is 1. The van der Waals surface area contributed by atoms with Crippen LogP contribution >= 0.6 is 0 Å². The Balaban J connectivity index is 0. The van der Waals surface area contributed by atoms with Gasteiger partial charge in [-0.1, -0.05) is 0 Å². The third kappa shape index (κ3) is 4.25. The summed E-state index contributed by atoms with van der Waals surface area (Å²) < 4.78 is 4.95. The summed E-state index contributed by atoms with van der Waals surface area (Å²) in [7, 11) is 0. The Morgan fingerprint density at radius 1 is 1.24 bits per heavy atom. The molecule has 0 aliphatic carbocycles. The normalized spacial score (nSPS) is 8.24. The minimum Gasteiger partial charge on any atom is -0.543 e. The molecule has 17 heavy (non-hydrogen) atoms. The molecule has 0 amide bonds. The van der Waals surface area contributed by atoms with Crippen molar-refractivity contribution in [2.45, 2.75) is 0 Å². The number of pyridine rings is 1. The molecule has 2 aromatic rings. The SMILES string of the molecule is O.O.O=C([O-])c1coc(-c2ccncc2)n1.[Na+]. The molecule has 2 rings (SSSR count). The monoisotopic (exact) mass is 248 g/mol. The number of carbonyl (C=O) groups excluding carboxylic acids is 1. The Labute approximate surface area is 118 Å². The quantitative estimate of drug-likeness (QED) is 0.492. The maximum absolute atomic E-state index is 10.4. The summed E-state index contributed by atoms with van der Waals surface area (Å²) >= 11 is 0. The van der Waals surface area contributed by atoms with Crippen molar-refractivity contribution < 1.29 is 54.8 Å². The van der Waals surface area contributed by atoms with Crippen molar-refractivity contribution in [3.05, 3.63) is 36.5 Å². The number of aromatic nitrogens is 2. The molecule has 0 saturated carbocycles. The molecule has 86 valence electrons. The van der Waals surface area contributed by atoms with Crippen molar-refractivity contribution in [1.29, 1.82) is 0 Å². The smallest absolute Gasteiger partial charge is 0.543 e. The molecule has 0 radical (unpaired) electrons. The largest absolute Gasteiger partial charge is 1.00 e. The van der Waals surface area contributed by atoms with Gasteiger partial charge in [-0.2, -0.15) is 0 Å². The van der Waals surface area contributed by atoms with Crippen molar-refractivity contribution in [3.8, 4) is 11.5 Å². The number of carboxylic acid groups (broad SMARTS) is 1. The minimum atomic E-state index is -1.35. The van der Waals surface area contributed by atoms with Crippen LogP contribution in [-0.4, -0.2) is 26.9 Å². The maximum atomic E-state index is 10.4. The van der Waals surface area contributed by atoms with Gasteiger partial charge in [-0.3, -0.25) is 4.98 Å². The first kappa shape index (κ1) is 18.1. The number of carboxylic acids is 1. The van der Waals surface area contributed by atoms with Gasteiger partial charge < -0.3 is 25.3 Å². The first-order valence-electron chi connectivity index (χ1n) is 3.84. The maximum Gasteiger partial charge on any atom is 1.00 e. The van der Waals surface area contributed by atoms with E-state index >= 15 is 0 Å². The fourth-order valence-corrected chi connectivity index (χ4v) is 0.995. The number of oxazole rings is 1. The second-order valence-corrected chi connectivity index (χ2v) is 2.56. The van der Waals surface area contributed by atoms with E-state index in [9.17, 15) is 9.90 Å². The Bertz CT molecular complexity index is 459. The van der Waals surface area contributed by atoms with Crippen LogP contribution in [0.25, 0.3) is 11.5 Å². The summed E-state index contributed by atoms with van der Waals surface area (Å²) in [5, 5.41) is 10.4. The van der Waals surface area contributed by atoms with Gasteiger partial charge in [0.15, 0.2) is 0 Å². The van der Waals surface area contributed by atoms with Crippen molar-refractivity contribution in [1.82, 2.24) is 9.97 Å². The van der Waals surface area contributed by atoms with Crippen molar-refractivity contribution >= 4 is 5.97 Å². The number of nitrogens with zero attached hydrogens (tertiary/aromatic N) is 2. The summed E-state index contributed by atoms with van der Waals surface area (Å²) in [6.07, 6.45) is 4.18. The topological polar surface area (TPSA) is 142 Å². The number of hydrogen-bond acceptors (Lipinski definition) is 5. The molecule has 2 heterocycles. The second-order valence-electron chi connectivity index (χ2n) is 2.56. The molecular weight excluding hydrogens is 239 g/mol. The minimum absolute atomic E-state index is 0. The zero-order valence-corrected chi connectivity index (χ0v) is 11.0. The van der Waals surface area contributed by atoms with E-state index in [1.807, 2.05) is 0 Å². The van der Waals surface area contributed by atoms with E-state index in [2.05, 4.69) is 9.97 Å². The predicted octanol–water partition coefficient (Wildman–Crippen LogP) is -4.55. The van der Waals surface area contributed by atoms with Crippen LogP contribution in [-0.2, 0) is 0 Å². The average Bonchev–Trinajstić information content (AvgIpc) is 2.68. The predicted molar refractivity (Wildman–Crippen MR) is 51.3 cm³/mol. The fraction of sp³-hybridized carbons (Fsp3) is 0. The van der Waals surface area contributed by atoms with Crippen molar-refractivity contribution in [3.63, 3.8) is 0 Å². The molecule has 0 unspecified atom stereocenters. The molecule has 0 atom stereocenters. The summed E-state index contributed by atoms with van der Waals surface area (Å²) in [5.74, 6) is -1.11. The standard InChI is InChI=1S/C9H6N2O3.Na.2H2O/c12-9(13)7-5-14-8(11-7)6-1-3-10-4-2-6;;;/h1-5H,(H,12,13);;2*1H2/q;+1;;/p-1. The molecule has 4 N–H and O–H groups in total. The molecular formula is C9H9N2NaO5. The van der Waals surface area contributed by atoms with Gasteiger partial charge in [0.2, 0.25) is 5.89 Å². The van der Waals surface area contributed by atoms with Crippen LogP contribution < -0.4 is 34.7 Å². The Hall–Kier alpha value is -1.25. The van der Waals surface area contributed by atoms with Gasteiger partial charge in [0.1, 0.15) is 12.0 Å². The Kier molecular flexibility index (Phi) is 8.46. The first-order chi connectivity index (χ1) is 6.77. The fourth-order valence-electron chi connectivity index (χ4n) is 0.995. The van der Waals surface area contributed by atoms with Crippen LogP contribution in [0.1, 0.15) is 10.5 Å².